The molecule has 0 atom stereocenters. The van der Waals surface area contributed by atoms with Gasteiger partial charge in [0.1, 0.15) is 11.6 Å². The lowest BCUT2D eigenvalue weighted by Crippen LogP contribution is -2.01. The molecule has 0 aliphatic heterocycles. The second kappa shape index (κ2) is 4.02. The summed E-state index contributed by atoms with van der Waals surface area (Å²) >= 11 is 3.14. The molecule has 3 nitrogen and oxygen atoms in total. The van der Waals surface area contributed by atoms with E-state index in [2.05, 4.69) is 21.0 Å². The van der Waals surface area contributed by atoms with Crippen LogP contribution in [0.2, 0.25) is 0 Å². The predicted octanol–water partition coefficient (Wildman–Crippen LogP) is 2.42. The van der Waals surface area contributed by atoms with Crippen LogP contribution >= 0.6 is 15.9 Å². The number of nitrogen functional groups attached to an aromatic ring is 1. The molecular weight excluding hydrogens is 261 g/mol. The van der Waals surface area contributed by atoms with Crippen molar-refractivity contribution in [3.05, 3.63) is 46.3 Å². The molecule has 15 heavy (non-hydrogen) atoms. The van der Waals surface area contributed by atoms with Crippen molar-refractivity contribution in [3.63, 3.8) is 0 Å². The number of anilines is 1. The van der Waals surface area contributed by atoms with Crippen LogP contribution in [0.25, 0.3) is 0 Å². The third-order valence-corrected chi connectivity index (χ3v) is 2.60. The van der Waals surface area contributed by atoms with Gasteiger partial charge in [-0.1, -0.05) is 6.07 Å². The number of nitrogens with zero attached hydrogens (tertiary/aromatic N) is 2. The van der Waals surface area contributed by atoms with Crippen LogP contribution in [0.1, 0.15) is 5.56 Å². The van der Waals surface area contributed by atoms with Gasteiger partial charge in [-0.3, -0.25) is 4.68 Å². The minimum atomic E-state index is -0.265. The summed E-state index contributed by atoms with van der Waals surface area (Å²) in [5.74, 6) is 0.218. The highest BCUT2D eigenvalue weighted by atomic mass is 79.9. The maximum absolute atomic E-state index is 13.0. The highest BCUT2D eigenvalue weighted by Crippen LogP contribution is 2.17. The summed E-state index contributed by atoms with van der Waals surface area (Å²) in [5.41, 5.74) is 6.45. The summed E-state index contributed by atoms with van der Waals surface area (Å²) in [6, 6.07) is 6.59. The smallest absolute Gasteiger partial charge is 0.145 e. The molecule has 0 saturated heterocycles. The molecule has 0 aliphatic rings. The van der Waals surface area contributed by atoms with Crippen molar-refractivity contribution in [3.8, 4) is 0 Å². The highest BCUT2D eigenvalue weighted by Gasteiger charge is 2.01. The van der Waals surface area contributed by atoms with Crippen molar-refractivity contribution >= 4 is 21.7 Å². The molecule has 0 aliphatic carbocycles. The van der Waals surface area contributed by atoms with Gasteiger partial charge in [-0.15, -0.1) is 0 Å². The van der Waals surface area contributed by atoms with E-state index in [4.69, 9.17) is 5.73 Å². The van der Waals surface area contributed by atoms with Gasteiger partial charge in [0.15, 0.2) is 0 Å². The van der Waals surface area contributed by atoms with E-state index in [0.29, 0.717) is 16.8 Å². The predicted molar refractivity (Wildman–Crippen MR) is 59.8 cm³/mol. The fraction of sp³-hybridized carbons (Fsp3) is 0.100. The molecule has 0 fully saturated rings. The molecule has 1 aromatic carbocycles. The number of hydrogen-bond acceptors (Lipinski definition) is 2. The van der Waals surface area contributed by atoms with Gasteiger partial charge in [-0.2, -0.15) is 5.10 Å². The standard InChI is InChI=1S/C10H9BrFN3/c11-8-5-7(1-2-9(8)12)6-15-4-3-10(13)14-15/h1-5H,6H2,(H2,13,14). The minimum absolute atomic E-state index is 0.265. The Morgan fingerprint density at radius 2 is 2.20 bits per heavy atom. The lowest BCUT2D eigenvalue weighted by atomic mass is 10.2. The van der Waals surface area contributed by atoms with Crippen LogP contribution in [0.3, 0.4) is 0 Å². The molecule has 0 saturated carbocycles. The van der Waals surface area contributed by atoms with Crippen LogP contribution in [-0.4, -0.2) is 9.78 Å². The van der Waals surface area contributed by atoms with Crippen molar-refractivity contribution in [2.45, 2.75) is 6.54 Å². The SMILES string of the molecule is Nc1ccn(Cc2ccc(F)c(Br)c2)n1. The molecule has 0 unspecified atom stereocenters. The molecule has 2 aromatic rings. The largest absolute Gasteiger partial charge is 0.382 e. The molecular formula is C10H9BrFN3. The molecule has 0 radical (unpaired) electrons. The Morgan fingerprint density at radius 1 is 1.40 bits per heavy atom. The molecule has 5 heteroatoms. The third kappa shape index (κ3) is 2.36. The number of hydrogen-bond donors (Lipinski definition) is 1. The van der Waals surface area contributed by atoms with Gasteiger partial charge in [0.05, 0.1) is 11.0 Å². The van der Waals surface area contributed by atoms with Gasteiger partial charge in [-0.25, -0.2) is 4.39 Å². The number of benzene rings is 1. The van der Waals surface area contributed by atoms with Gasteiger partial charge in [0, 0.05) is 6.20 Å². The summed E-state index contributed by atoms with van der Waals surface area (Å²) < 4.78 is 15.1. The van der Waals surface area contributed by atoms with Gasteiger partial charge in [0.25, 0.3) is 0 Å². The molecule has 2 rings (SSSR count). The van der Waals surface area contributed by atoms with Crippen molar-refractivity contribution in [1.29, 1.82) is 0 Å². The van der Waals surface area contributed by atoms with Gasteiger partial charge >= 0.3 is 0 Å². The van der Waals surface area contributed by atoms with Crippen LogP contribution in [0, 0.1) is 5.82 Å². The third-order valence-electron chi connectivity index (χ3n) is 1.99. The Kier molecular flexibility index (Phi) is 2.73. The van der Waals surface area contributed by atoms with E-state index in [1.165, 1.54) is 6.07 Å². The molecule has 0 amide bonds. The van der Waals surface area contributed by atoms with Crippen LogP contribution in [-0.2, 0) is 6.54 Å². The van der Waals surface area contributed by atoms with Crippen LogP contribution in [0.15, 0.2) is 34.9 Å². The van der Waals surface area contributed by atoms with Crippen molar-refractivity contribution in [1.82, 2.24) is 9.78 Å². The quantitative estimate of drug-likeness (QED) is 0.910. The Hall–Kier alpha value is -1.36. The lowest BCUT2D eigenvalue weighted by Gasteiger charge is -2.02. The molecule has 1 heterocycles. The lowest BCUT2D eigenvalue weighted by molar-refractivity contribution is 0.617. The molecule has 0 spiro atoms. The molecule has 78 valence electrons. The van der Waals surface area contributed by atoms with Crippen molar-refractivity contribution in [2.24, 2.45) is 0 Å². The first-order valence-corrected chi connectivity index (χ1v) is 5.17. The zero-order valence-electron chi connectivity index (χ0n) is 7.82. The second-order valence-corrected chi connectivity index (χ2v) is 4.04. The minimum Gasteiger partial charge on any atom is -0.382 e. The van der Waals surface area contributed by atoms with Gasteiger partial charge in [0.2, 0.25) is 0 Å². The highest BCUT2D eigenvalue weighted by molar-refractivity contribution is 9.10. The first-order valence-electron chi connectivity index (χ1n) is 4.38. The van der Waals surface area contributed by atoms with E-state index in [9.17, 15) is 4.39 Å². The first-order chi connectivity index (χ1) is 7.15. The monoisotopic (exact) mass is 269 g/mol. The van der Waals surface area contributed by atoms with Gasteiger partial charge < -0.3 is 5.73 Å². The van der Waals surface area contributed by atoms with E-state index in [-0.39, 0.29) is 5.82 Å². The summed E-state index contributed by atoms with van der Waals surface area (Å²) in [4.78, 5) is 0. The van der Waals surface area contributed by atoms with Crippen molar-refractivity contribution < 1.29 is 4.39 Å². The summed E-state index contributed by atoms with van der Waals surface area (Å²) in [5, 5.41) is 4.04. The van der Waals surface area contributed by atoms with E-state index in [1.807, 2.05) is 0 Å². The first kappa shape index (κ1) is 10.2. The van der Waals surface area contributed by atoms with Crippen LogP contribution in [0.5, 0.6) is 0 Å². The van der Waals surface area contributed by atoms with E-state index < -0.39 is 0 Å². The maximum Gasteiger partial charge on any atom is 0.145 e. The number of nitrogens with two attached hydrogens (primary N) is 1. The van der Waals surface area contributed by atoms with E-state index in [1.54, 1.807) is 29.1 Å². The summed E-state index contributed by atoms with van der Waals surface area (Å²) in [6.45, 7) is 0.579. The fourth-order valence-corrected chi connectivity index (χ4v) is 1.72. The second-order valence-electron chi connectivity index (χ2n) is 3.19. The molecule has 1 aromatic heterocycles. The van der Waals surface area contributed by atoms with E-state index >= 15 is 0 Å². The molecule has 2 N–H and O–H groups in total. The average molecular weight is 270 g/mol. The Morgan fingerprint density at radius 3 is 2.80 bits per heavy atom. The van der Waals surface area contributed by atoms with Crippen LogP contribution < -0.4 is 5.73 Å². The zero-order chi connectivity index (χ0) is 10.8. The Labute approximate surface area is 94.8 Å². The Balaban J connectivity index is 2.21. The van der Waals surface area contributed by atoms with E-state index in [0.717, 1.165) is 5.56 Å². The van der Waals surface area contributed by atoms with Crippen LogP contribution in [0.4, 0.5) is 10.2 Å². The average Bonchev–Trinajstić information content (AvgIpc) is 2.58. The Bertz CT molecular complexity index is 481. The maximum atomic E-state index is 13.0. The molecule has 0 bridgehead atoms. The summed E-state index contributed by atoms with van der Waals surface area (Å²) in [6.07, 6.45) is 1.78. The normalized spacial score (nSPS) is 10.5. The number of aromatic nitrogens is 2. The number of halogens is 2. The summed E-state index contributed by atoms with van der Waals surface area (Å²) in [7, 11) is 0. The topological polar surface area (TPSA) is 43.8 Å². The zero-order valence-corrected chi connectivity index (χ0v) is 9.41. The fourth-order valence-electron chi connectivity index (χ4n) is 1.29. The van der Waals surface area contributed by atoms with Crippen molar-refractivity contribution in [2.75, 3.05) is 5.73 Å². The number of rotatable bonds is 2. The van der Waals surface area contributed by atoms with Gasteiger partial charge in [-0.05, 0) is 39.7 Å².